The SMILES string of the molecule is CCCCCCCCCCCCCCC(CCCCCCCCCCCC)c1nccn1C(C)CCCCCCCC. The Hall–Kier alpha value is -0.790. The Kier molecular flexibility index (Phi) is 28.3. The van der Waals surface area contributed by atoms with Crippen LogP contribution in [-0.4, -0.2) is 9.55 Å². The molecule has 0 spiro atoms. The van der Waals surface area contributed by atoms with Gasteiger partial charge in [-0.25, -0.2) is 4.98 Å². The van der Waals surface area contributed by atoms with Gasteiger partial charge in [-0.3, -0.25) is 0 Å². The van der Waals surface area contributed by atoms with Gasteiger partial charge in [-0.05, 0) is 26.2 Å². The van der Waals surface area contributed by atoms with Gasteiger partial charge < -0.3 is 4.57 Å². The molecule has 0 aliphatic carbocycles. The third-order valence-electron chi connectivity index (χ3n) is 9.83. The lowest BCUT2D eigenvalue weighted by atomic mass is 9.92. The molecule has 0 radical (unpaired) electrons. The van der Waals surface area contributed by atoms with Gasteiger partial charge in [-0.15, -0.1) is 0 Å². The Morgan fingerprint density at radius 2 is 0.762 bits per heavy atom. The van der Waals surface area contributed by atoms with Crippen molar-refractivity contribution >= 4 is 0 Å². The molecular formula is C40H78N2. The summed E-state index contributed by atoms with van der Waals surface area (Å²) in [5.41, 5.74) is 0. The molecule has 1 heterocycles. The van der Waals surface area contributed by atoms with E-state index in [1.807, 2.05) is 0 Å². The van der Waals surface area contributed by atoms with Gasteiger partial charge in [0.1, 0.15) is 5.82 Å². The Balaban J connectivity index is 2.42. The molecule has 1 aromatic heterocycles. The molecule has 0 saturated carbocycles. The smallest absolute Gasteiger partial charge is 0.111 e. The standard InChI is InChI=1S/C40H78N2/c1-5-8-11-14-17-19-21-22-24-26-29-32-35-39(34-31-28-25-23-20-18-15-12-9-6-2)40-41-36-37-42(40)38(4)33-30-27-16-13-10-7-3/h36-39H,5-35H2,1-4H3. The van der Waals surface area contributed by atoms with Crippen molar-refractivity contribution in [3.8, 4) is 0 Å². The first kappa shape index (κ1) is 39.2. The van der Waals surface area contributed by atoms with Crippen molar-refractivity contribution < 1.29 is 0 Å². The first-order valence-electron chi connectivity index (χ1n) is 19.8. The fourth-order valence-electron chi connectivity index (χ4n) is 6.89. The molecule has 1 rings (SSSR count). The fraction of sp³-hybridized carbons (Fsp3) is 0.925. The summed E-state index contributed by atoms with van der Waals surface area (Å²) in [5.74, 6) is 2.07. The molecular weight excluding hydrogens is 508 g/mol. The highest BCUT2D eigenvalue weighted by Gasteiger charge is 2.19. The van der Waals surface area contributed by atoms with Gasteiger partial charge in [0.05, 0.1) is 0 Å². The highest BCUT2D eigenvalue weighted by atomic mass is 15.1. The van der Waals surface area contributed by atoms with E-state index < -0.39 is 0 Å². The van der Waals surface area contributed by atoms with Crippen molar-refractivity contribution in [2.45, 2.75) is 239 Å². The Morgan fingerprint density at radius 1 is 0.452 bits per heavy atom. The zero-order valence-corrected chi connectivity index (χ0v) is 29.6. The minimum atomic E-state index is 0.589. The molecule has 0 saturated heterocycles. The molecule has 0 aliphatic heterocycles. The fourth-order valence-corrected chi connectivity index (χ4v) is 6.89. The van der Waals surface area contributed by atoms with Crippen molar-refractivity contribution in [2.75, 3.05) is 0 Å². The summed E-state index contributed by atoms with van der Waals surface area (Å²) in [5, 5.41) is 0. The van der Waals surface area contributed by atoms with Crippen LogP contribution in [0.2, 0.25) is 0 Å². The second kappa shape index (κ2) is 30.2. The molecule has 42 heavy (non-hydrogen) atoms. The van der Waals surface area contributed by atoms with Crippen LogP contribution in [0.4, 0.5) is 0 Å². The van der Waals surface area contributed by atoms with Crippen molar-refractivity contribution in [1.82, 2.24) is 9.55 Å². The van der Waals surface area contributed by atoms with Gasteiger partial charge in [-0.2, -0.15) is 0 Å². The first-order chi connectivity index (χ1) is 20.7. The molecule has 248 valence electrons. The summed E-state index contributed by atoms with van der Waals surface area (Å²) in [6, 6.07) is 0.589. The lowest BCUT2D eigenvalue weighted by Gasteiger charge is -2.22. The number of hydrogen-bond donors (Lipinski definition) is 0. The number of imidazole rings is 1. The zero-order valence-electron chi connectivity index (χ0n) is 29.6. The number of aromatic nitrogens is 2. The molecule has 0 amide bonds. The molecule has 0 aromatic carbocycles. The van der Waals surface area contributed by atoms with Crippen LogP contribution in [0.15, 0.2) is 12.4 Å². The van der Waals surface area contributed by atoms with Crippen LogP contribution in [0.3, 0.4) is 0 Å². The van der Waals surface area contributed by atoms with E-state index in [0.29, 0.717) is 12.0 Å². The number of rotatable bonds is 33. The largest absolute Gasteiger partial charge is 0.332 e. The third kappa shape index (κ3) is 21.8. The van der Waals surface area contributed by atoms with Crippen LogP contribution in [0, 0.1) is 0 Å². The van der Waals surface area contributed by atoms with E-state index in [-0.39, 0.29) is 0 Å². The summed E-state index contributed by atoms with van der Waals surface area (Å²) in [4.78, 5) is 5.01. The summed E-state index contributed by atoms with van der Waals surface area (Å²) in [6.45, 7) is 9.38. The topological polar surface area (TPSA) is 17.8 Å². The monoisotopic (exact) mass is 587 g/mol. The van der Waals surface area contributed by atoms with Crippen molar-refractivity contribution in [3.05, 3.63) is 18.2 Å². The maximum Gasteiger partial charge on any atom is 0.111 e. The molecule has 2 unspecified atom stereocenters. The zero-order chi connectivity index (χ0) is 30.4. The lowest BCUT2D eigenvalue weighted by Crippen LogP contribution is -2.13. The summed E-state index contributed by atoms with van der Waals surface area (Å²) in [6.07, 6.45) is 48.2. The number of nitrogens with zero attached hydrogens (tertiary/aromatic N) is 2. The van der Waals surface area contributed by atoms with E-state index in [9.17, 15) is 0 Å². The van der Waals surface area contributed by atoms with Crippen LogP contribution in [0.1, 0.15) is 245 Å². The average molecular weight is 587 g/mol. The minimum absolute atomic E-state index is 0.589. The van der Waals surface area contributed by atoms with E-state index in [1.54, 1.807) is 0 Å². The van der Waals surface area contributed by atoms with Gasteiger partial charge in [0.2, 0.25) is 0 Å². The molecule has 0 fully saturated rings. The Labute approximate surface area is 266 Å². The van der Waals surface area contributed by atoms with E-state index in [0.717, 1.165) is 0 Å². The van der Waals surface area contributed by atoms with Gasteiger partial charge in [0.15, 0.2) is 0 Å². The van der Waals surface area contributed by atoms with Gasteiger partial charge >= 0.3 is 0 Å². The first-order valence-corrected chi connectivity index (χ1v) is 19.8. The predicted octanol–water partition coefficient (Wildman–Crippen LogP) is 14.7. The highest BCUT2D eigenvalue weighted by Crippen LogP contribution is 2.31. The van der Waals surface area contributed by atoms with Crippen LogP contribution in [-0.2, 0) is 0 Å². The molecule has 1 aromatic rings. The molecule has 2 heteroatoms. The molecule has 2 atom stereocenters. The minimum Gasteiger partial charge on any atom is -0.332 e. The molecule has 0 N–H and O–H groups in total. The molecule has 0 bridgehead atoms. The van der Waals surface area contributed by atoms with E-state index in [4.69, 9.17) is 4.98 Å². The van der Waals surface area contributed by atoms with Crippen molar-refractivity contribution in [1.29, 1.82) is 0 Å². The van der Waals surface area contributed by atoms with Gasteiger partial charge in [0.25, 0.3) is 0 Å². The number of unbranched alkanes of at least 4 members (excludes halogenated alkanes) is 25. The van der Waals surface area contributed by atoms with E-state index >= 15 is 0 Å². The molecule has 0 aliphatic rings. The Morgan fingerprint density at radius 3 is 1.12 bits per heavy atom. The van der Waals surface area contributed by atoms with Crippen molar-refractivity contribution in [3.63, 3.8) is 0 Å². The predicted molar refractivity (Wildman–Crippen MR) is 190 cm³/mol. The lowest BCUT2D eigenvalue weighted by molar-refractivity contribution is 0.412. The highest BCUT2D eigenvalue weighted by molar-refractivity contribution is 5.02. The normalized spacial score (nSPS) is 13.1. The number of hydrogen-bond acceptors (Lipinski definition) is 1. The van der Waals surface area contributed by atoms with Crippen LogP contribution >= 0.6 is 0 Å². The quantitative estimate of drug-likeness (QED) is 0.0749. The van der Waals surface area contributed by atoms with Gasteiger partial charge in [0, 0.05) is 24.4 Å². The summed E-state index contributed by atoms with van der Waals surface area (Å²) in [7, 11) is 0. The third-order valence-corrected chi connectivity index (χ3v) is 9.83. The van der Waals surface area contributed by atoms with E-state index in [1.165, 1.54) is 205 Å². The summed E-state index contributed by atoms with van der Waals surface area (Å²) < 4.78 is 2.58. The second-order valence-corrected chi connectivity index (χ2v) is 13.9. The maximum atomic E-state index is 5.01. The molecule has 2 nitrogen and oxygen atoms in total. The maximum absolute atomic E-state index is 5.01. The van der Waals surface area contributed by atoms with Crippen LogP contribution in [0.25, 0.3) is 0 Å². The average Bonchev–Trinajstić information content (AvgIpc) is 3.49. The van der Waals surface area contributed by atoms with Crippen LogP contribution in [0.5, 0.6) is 0 Å². The van der Waals surface area contributed by atoms with Gasteiger partial charge in [-0.1, -0.05) is 201 Å². The summed E-state index contributed by atoms with van der Waals surface area (Å²) >= 11 is 0. The van der Waals surface area contributed by atoms with Crippen molar-refractivity contribution in [2.24, 2.45) is 0 Å². The van der Waals surface area contributed by atoms with Crippen LogP contribution < -0.4 is 0 Å². The Bertz CT molecular complexity index is 650. The second-order valence-electron chi connectivity index (χ2n) is 13.9. The van der Waals surface area contributed by atoms with E-state index in [2.05, 4.69) is 44.7 Å².